The Morgan fingerprint density at radius 2 is 2.14 bits per heavy atom. The molecule has 2 heterocycles. The van der Waals surface area contributed by atoms with Gasteiger partial charge in [-0.1, -0.05) is 0 Å². The number of carbonyl (C=O) groups excluding carboxylic acids is 1. The highest BCUT2D eigenvalue weighted by Crippen LogP contribution is 2.22. The van der Waals surface area contributed by atoms with Crippen molar-refractivity contribution in [2.75, 3.05) is 0 Å². The van der Waals surface area contributed by atoms with Gasteiger partial charge in [0, 0.05) is 24.2 Å². The number of carbonyl (C=O) groups is 1. The van der Waals surface area contributed by atoms with E-state index in [-0.39, 0.29) is 11.3 Å². The van der Waals surface area contributed by atoms with E-state index in [0.717, 1.165) is 10.7 Å². The molecule has 2 aromatic rings. The molecular formula is C14H16FN3O3. The van der Waals surface area contributed by atoms with Crippen LogP contribution in [0, 0.1) is 5.82 Å². The third kappa shape index (κ3) is 3.63. The summed E-state index contributed by atoms with van der Waals surface area (Å²) in [5.74, 6) is -0.593. The number of halogens is 1. The van der Waals surface area contributed by atoms with Gasteiger partial charge in [0.2, 0.25) is 0 Å². The average molecular weight is 293 g/mol. The lowest BCUT2D eigenvalue weighted by atomic mass is 10.1. The summed E-state index contributed by atoms with van der Waals surface area (Å²) in [6.45, 7) is 5.19. The highest BCUT2D eigenvalue weighted by atomic mass is 19.1. The second-order valence-electron chi connectivity index (χ2n) is 5.47. The molecule has 0 aliphatic heterocycles. The van der Waals surface area contributed by atoms with Crippen molar-refractivity contribution >= 4 is 6.09 Å². The van der Waals surface area contributed by atoms with Crippen molar-refractivity contribution in [2.24, 2.45) is 0 Å². The van der Waals surface area contributed by atoms with Crippen molar-refractivity contribution < 1.29 is 19.0 Å². The predicted octanol–water partition coefficient (Wildman–Crippen LogP) is 2.28. The molecule has 1 N–H and O–H groups in total. The zero-order valence-corrected chi connectivity index (χ0v) is 11.9. The van der Waals surface area contributed by atoms with E-state index in [4.69, 9.17) is 4.74 Å². The van der Waals surface area contributed by atoms with E-state index in [0.29, 0.717) is 0 Å². The Morgan fingerprint density at radius 3 is 2.76 bits per heavy atom. The first-order valence-corrected chi connectivity index (χ1v) is 6.34. The highest BCUT2D eigenvalue weighted by Gasteiger charge is 2.22. The fourth-order valence-electron chi connectivity index (χ4n) is 1.64. The standard InChI is InChI=1S/C14H16FN3O3/c1-14(2,3)21-13(20)18-7-5-11(17-18)12(19)9-8-16-6-4-10(9)15/h4-8,12,19H,1-3H3. The molecule has 1 unspecified atom stereocenters. The lowest BCUT2D eigenvalue weighted by molar-refractivity contribution is 0.0512. The Kier molecular flexibility index (Phi) is 4.04. The largest absolute Gasteiger partial charge is 0.442 e. The molecule has 0 radical (unpaired) electrons. The van der Waals surface area contributed by atoms with Crippen LogP contribution in [0.1, 0.15) is 38.1 Å². The van der Waals surface area contributed by atoms with E-state index in [1.807, 2.05) is 0 Å². The third-order valence-corrected chi connectivity index (χ3v) is 2.56. The Bertz CT molecular complexity index is 649. The molecule has 21 heavy (non-hydrogen) atoms. The van der Waals surface area contributed by atoms with Gasteiger partial charge in [-0.25, -0.2) is 9.18 Å². The number of aliphatic hydroxyl groups is 1. The van der Waals surface area contributed by atoms with Crippen molar-refractivity contribution in [3.05, 3.63) is 47.8 Å². The number of aliphatic hydroxyl groups excluding tert-OH is 1. The number of rotatable bonds is 2. The van der Waals surface area contributed by atoms with E-state index in [1.54, 1.807) is 20.8 Å². The van der Waals surface area contributed by atoms with Crippen molar-refractivity contribution in [2.45, 2.75) is 32.5 Å². The van der Waals surface area contributed by atoms with E-state index in [9.17, 15) is 14.3 Å². The van der Waals surface area contributed by atoms with Crippen LogP contribution in [0.25, 0.3) is 0 Å². The number of hydrogen-bond donors (Lipinski definition) is 1. The maximum Gasteiger partial charge on any atom is 0.435 e. The molecule has 0 aromatic carbocycles. The fraction of sp³-hybridized carbons (Fsp3) is 0.357. The van der Waals surface area contributed by atoms with Gasteiger partial charge >= 0.3 is 6.09 Å². The molecule has 0 saturated heterocycles. The van der Waals surface area contributed by atoms with Gasteiger partial charge in [-0.3, -0.25) is 4.98 Å². The van der Waals surface area contributed by atoms with Crippen LogP contribution < -0.4 is 0 Å². The van der Waals surface area contributed by atoms with Gasteiger partial charge in [-0.15, -0.1) is 0 Å². The van der Waals surface area contributed by atoms with Crippen LogP contribution in [-0.4, -0.2) is 31.6 Å². The van der Waals surface area contributed by atoms with Gasteiger partial charge in [-0.2, -0.15) is 9.78 Å². The van der Waals surface area contributed by atoms with Crippen molar-refractivity contribution in [1.29, 1.82) is 0 Å². The van der Waals surface area contributed by atoms with E-state index < -0.39 is 23.6 Å². The maximum atomic E-state index is 13.6. The van der Waals surface area contributed by atoms with E-state index >= 15 is 0 Å². The number of ether oxygens (including phenoxy) is 1. The molecule has 0 spiro atoms. The summed E-state index contributed by atoms with van der Waals surface area (Å²) < 4.78 is 19.7. The molecule has 1 atom stereocenters. The zero-order valence-electron chi connectivity index (χ0n) is 11.9. The Morgan fingerprint density at radius 1 is 1.43 bits per heavy atom. The van der Waals surface area contributed by atoms with Crippen LogP contribution >= 0.6 is 0 Å². The number of nitrogens with zero attached hydrogens (tertiary/aromatic N) is 3. The van der Waals surface area contributed by atoms with Gasteiger partial charge in [0.05, 0.1) is 5.69 Å². The van der Waals surface area contributed by atoms with Gasteiger partial charge < -0.3 is 9.84 Å². The smallest absolute Gasteiger partial charge is 0.435 e. The first-order valence-electron chi connectivity index (χ1n) is 6.34. The maximum absolute atomic E-state index is 13.6. The lowest BCUT2D eigenvalue weighted by Crippen LogP contribution is -2.27. The molecule has 0 saturated carbocycles. The van der Waals surface area contributed by atoms with Crippen LogP contribution in [0.3, 0.4) is 0 Å². The molecule has 0 bridgehead atoms. The van der Waals surface area contributed by atoms with Crippen molar-refractivity contribution in [1.82, 2.24) is 14.8 Å². The molecule has 2 rings (SSSR count). The summed E-state index contributed by atoms with van der Waals surface area (Å²) in [6, 6.07) is 2.56. The predicted molar refractivity (Wildman–Crippen MR) is 72.1 cm³/mol. The highest BCUT2D eigenvalue weighted by molar-refractivity contribution is 5.69. The first-order chi connectivity index (χ1) is 9.78. The molecule has 0 aliphatic carbocycles. The lowest BCUT2D eigenvalue weighted by Gasteiger charge is -2.18. The minimum absolute atomic E-state index is 0.00746. The Balaban J connectivity index is 2.20. The van der Waals surface area contributed by atoms with Gasteiger partial charge in [0.25, 0.3) is 0 Å². The zero-order chi connectivity index (χ0) is 15.6. The Hall–Kier alpha value is -2.28. The third-order valence-electron chi connectivity index (χ3n) is 2.56. The summed E-state index contributed by atoms with van der Waals surface area (Å²) in [4.78, 5) is 15.6. The van der Waals surface area contributed by atoms with E-state index in [2.05, 4.69) is 10.1 Å². The molecule has 0 amide bonds. The molecular weight excluding hydrogens is 277 g/mol. The van der Waals surface area contributed by atoms with Gasteiger partial charge in [0.1, 0.15) is 17.5 Å². The number of pyridine rings is 1. The molecule has 0 fully saturated rings. The molecule has 2 aromatic heterocycles. The van der Waals surface area contributed by atoms with Crippen LogP contribution in [0.2, 0.25) is 0 Å². The van der Waals surface area contributed by atoms with Gasteiger partial charge in [0.15, 0.2) is 0 Å². The molecule has 0 aliphatic rings. The second kappa shape index (κ2) is 5.61. The second-order valence-corrected chi connectivity index (χ2v) is 5.47. The van der Waals surface area contributed by atoms with Crippen LogP contribution in [-0.2, 0) is 4.74 Å². The number of hydrogen-bond acceptors (Lipinski definition) is 5. The van der Waals surface area contributed by atoms with Crippen LogP contribution in [0.5, 0.6) is 0 Å². The quantitative estimate of drug-likeness (QED) is 0.919. The van der Waals surface area contributed by atoms with Crippen LogP contribution in [0.4, 0.5) is 9.18 Å². The fourth-order valence-corrected chi connectivity index (χ4v) is 1.64. The SMILES string of the molecule is CC(C)(C)OC(=O)n1ccc(C(O)c2cnccc2F)n1. The molecule has 7 heteroatoms. The summed E-state index contributed by atoms with van der Waals surface area (Å²) in [5, 5.41) is 14.0. The van der Waals surface area contributed by atoms with Crippen molar-refractivity contribution in [3.63, 3.8) is 0 Å². The van der Waals surface area contributed by atoms with Crippen molar-refractivity contribution in [3.8, 4) is 0 Å². The molecule has 112 valence electrons. The Labute approximate surface area is 121 Å². The van der Waals surface area contributed by atoms with E-state index in [1.165, 1.54) is 24.7 Å². The summed E-state index contributed by atoms with van der Waals surface area (Å²) in [7, 11) is 0. The molecule has 6 nitrogen and oxygen atoms in total. The summed E-state index contributed by atoms with van der Waals surface area (Å²) in [5.41, 5.74) is -0.531. The topological polar surface area (TPSA) is 77.2 Å². The monoisotopic (exact) mass is 293 g/mol. The minimum Gasteiger partial charge on any atom is -0.442 e. The summed E-state index contributed by atoms with van der Waals surface area (Å²) >= 11 is 0. The number of aromatic nitrogens is 3. The normalized spacial score (nSPS) is 13.0. The minimum atomic E-state index is -1.30. The average Bonchev–Trinajstić information content (AvgIpc) is 2.86. The first kappa shape index (κ1) is 15.1. The van der Waals surface area contributed by atoms with Crippen LogP contribution in [0.15, 0.2) is 30.7 Å². The summed E-state index contributed by atoms with van der Waals surface area (Å²) in [6.07, 6.45) is 1.87. The van der Waals surface area contributed by atoms with Gasteiger partial charge in [-0.05, 0) is 32.9 Å².